The molecule has 0 saturated heterocycles. The normalized spacial score (nSPS) is 14.6. The Bertz CT molecular complexity index is 902. The van der Waals surface area contributed by atoms with E-state index in [0.29, 0.717) is 18.5 Å². The van der Waals surface area contributed by atoms with E-state index in [9.17, 15) is 9.90 Å². The minimum absolute atomic E-state index is 0.0718. The molecule has 0 spiro atoms. The van der Waals surface area contributed by atoms with E-state index in [0.717, 1.165) is 10.9 Å². The van der Waals surface area contributed by atoms with Crippen molar-refractivity contribution in [3.8, 4) is 5.88 Å². The summed E-state index contributed by atoms with van der Waals surface area (Å²) in [6.07, 6.45) is 1.40. The zero-order chi connectivity index (χ0) is 15.8. The summed E-state index contributed by atoms with van der Waals surface area (Å²) in [6, 6.07) is 15.4. The average molecular weight is 305 g/mol. The first-order valence-electron chi connectivity index (χ1n) is 7.54. The maximum Gasteiger partial charge on any atom is 0.268 e. The molecule has 1 amide bonds. The summed E-state index contributed by atoms with van der Waals surface area (Å²) >= 11 is 0. The number of H-pyrrole nitrogens is 1. The summed E-state index contributed by atoms with van der Waals surface area (Å²) in [5.41, 5.74) is 3.48. The molecule has 0 fully saturated rings. The number of aromatic amines is 1. The predicted molar refractivity (Wildman–Crippen MR) is 86.8 cm³/mol. The van der Waals surface area contributed by atoms with E-state index in [1.807, 2.05) is 48.5 Å². The summed E-state index contributed by atoms with van der Waals surface area (Å²) in [4.78, 5) is 15.1. The Morgan fingerprint density at radius 2 is 1.70 bits per heavy atom. The summed E-state index contributed by atoms with van der Waals surface area (Å²) in [6.45, 7) is 0. The van der Waals surface area contributed by atoms with Gasteiger partial charge in [-0.3, -0.25) is 4.79 Å². The monoisotopic (exact) mass is 305 g/mol. The average Bonchev–Trinajstić information content (AvgIpc) is 3.13. The molecule has 2 aromatic carbocycles. The van der Waals surface area contributed by atoms with Gasteiger partial charge in [0.15, 0.2) is 5.69 Å². The van der Waals surface area contributed by atoms with Crippen LogP contribution in [0.2, 0.25) is 0 Å². The van der Waals surface area contributed by atoms with Crippen LogP contribution in [0.25, 0.3) is 10.9 Å². The molecule has 0 saturated carbocycles. The van der Waals surface area contributed by atoms with Gasteiger partial charge in [0.25, 0.3) is 5.91 Å². The van der Waals surface area contributed by atoms with Crippen molar-refractivity contribution in [1.82, 2.24) is 4.98 Å². The summed E-state index contributed by atoms with van der Waals surface area (Å²) in [7, 11) is 0. The van der Waals surface area contributed by atoms with Gasteiger partial charge in [0.05, 0.1) is 5.52 Å². The lowest BCUT2D eigenvalue weighted by Gasteiger charge is -2.01. The Morgan fingerprint density at radius 3 is 2.43 bits per heavy atom. The third kappa shape index (κ3) is 2.40. The zero-order valence-corrected chi connectivity index (χ0v) is 12.4. The molecule has 0 atom stereocenters. The highest BCUT2D eigenvalue weighted by molar-refractivity contribution is 5.94. The lowest BCUT2D eigenvalue weighted by atomic mass is 10.1. The van der Waals surface area contributed by atoms with Crippen molar-refractivity contribution in [2.75, 3.05) is 0 Å². The SMILES string of the molecule is O=C(N=Nc1c(O)[nH]c2ccccc12)C1Cc2ccccc2C1. The molecule has 1 heterocycles. The lowest BCUT2D eigenvalue weighted by Crippen LogP contribution is -2.11. The van der Waals surface area contributed by atoms with Crippen molar-refractivity contribution in [3.63, 3.8) is 0 Å². The van der Waals surface area contributed by atoms with Crippen molar-refractivity contribution in [2.45, 2.75) is 12.8 Å². The standard InChI is InChI=1S/C18H15N3O2/c22-17(13-9-11-5-1-2-6-12(11)10-13)21-20-16-14-7-3-4-8-15(14)19-18(16)23/h1-8,13,19,23H,9-10H2. The van der Waals surface area contributed by atoms with E-state index in [2.05, 4.69) is 15.2 Å². The first kappa shape index (κ1) is 13.7. The fourth-order valence-corrected chi connectivity index (χ4v) is 3.13. The number of para-hydroxylation sites is 1. The molecule has 1 aliphatic carbocycles. The number of benzene rings is 2. The van der Waals surface area contributed by atoms with E-state index in [4.69, 9.17) is 0 Å². The van der Waals surface area contributed by atoms with Gasteiger partial charge in [-0.2, -0.15) is 0 Å². The Balaban J connectivity index is 1.57. The number of carbonyl (C=O) groups is 1. The molecule has 1 aromatic heterocycles. The van der Waals surface area contributed by atoms with Gasteiger partial charge in [-0.05, 0) is 30.0 Å². The van der Waals surface area contributed by atoms with Crippen LogP contribution >= 0.6 is 0 Å². The van der Waals surface area contributed by atoms with Crippen molar-refractivity contribution >= 4 is 22.5 Å². The van der Waals surface area contributed by atoms with Crippen LogP contribution in [0.15, 0.2) is 58.8 Å². The number of azo groups is 1. The number of fused-ring (bicyclic) bond motifs is 2. The van der Waals surface area contributed by atoms with Gasteiger partial charge >= 0.3 is 0 Å². The number of hydrogen-bond acceptors (Lipinski definition) is 3. The van der Waals surface area contributed by atoms with Crippen LogP contribution in [0.3, 0.4) is 0 Å². The van der Waals surface area contributed by atoms with E-state index >= 15 is 0 Å². The summed E-state index contributed by atoms with van der Waals surface area (Å²) in [5, 5.41) is 18.5. The lowest BCUT2D eigenvalue weighted by molar-refractivity contribution is -0.121. The smallest absolute Gasteiger partial charge is 0.268 e. The largest absolute Gasteiger partial charge is 0.493 e. The molecule has 5 nitrogen and oxygen atoms in total. The number of rotatable bonds is 2. The molecule has 1 aliphatic rings. The fourth-order valence-electron chi connectivity index (χ4n) is 3.13. The molecular weight excluding hydrogens is 290 g/mol. The number of hydrogen-bond donors (Lipinski definition) is 2. The van der Waals surface area contributed by atoms with Gasteiger partial charge in [-0.1, -0.05) is 42.5 Å². The number of aromatic hydroxyl groups is 1. The molecular formula is C18H15N3O2. The molecule has 0 radical (unpaired) electrons. The third-order valence-corrected chi connectivity index (χ3v) is 4.31. The van der Waals surface area contributed by atoms with E-state index < -0.39 is 0 Å². The van der Waals surface area contributed by atoms with Gasteiger partial charge < -0.3 is 10.1 Å². The second-order valence-electron chi connectivity index (χ2n) is 5.78. The fraction of sp³-hybridized carbons (Fsp3) is 0.167. The zero-order valence-electron chi connectivity index (χ0n) is 12.4. The molecule has 114 valence electrons. The summed E-state index contributed by atoms with van der Waals surface area (Å²) < 4.78 is 0. The number of carbonyl (C=O) groups excluding carboxylic acids is 1. The van der Waals surface area contributed by atoms with E-state index in [1.54, 1.807) is 0 Å². The Labute approximate surface area is 132 Å². The third-order valence-electron chi connectivity index (χ3n) is 4.31. The van der Waals surface area contributed by atoms with Crippen LogP contribution < -0.4 is 0 Å². The molecule has 3 aromatic rings. The van der Waals surface area contributed by atoms with Crippen molar-refractivity contribution < 1.29 is 9.90 Å². The van der Waals surface area contributed by atoms with Crippen LogP contribution in [0.5, 0.6) is 5.88 Å². The van der Waals surface area contributed by atoms with Crippen LogP contribution in [0.1, 0.15) is 11.1 Å². The highest BCUT2D eigenvalue weighted by Gasteiger charge is 2.27. The van der Waals surface area contributed by atoms with Gasteiger partial charge in [0.1, 0.15) is 0 Å². The second kappa shape index (κ2) is 5.35. The minimum Gasteiger partial charge on any atom is -0.493 e. The number of nitrogens with zero attached hydrogens (tertiary/aromatic N) is 2. The second-order valence-corrected chi connectivity index (χ2v) is 5.78. The first-order valence-corrected chi connectivity index (χ1v) is 7.54. The van der Waals surface area contributed by atoms with Gasteiger partial charge in [-0.25, -0.2) is 0 Å². The Morgan fingerprint density at radius 1 is 1.04 bits per heavy atom. The maximum atomic E-state index is 12.3. The molecule has 5 heteroatoms. The maximum absolute atomic E-state index is 12.3. The number of nitrogens with one attached hydrogen (secondary N) is 1. The quantitative estimate of drug-likeness (QED) is 0.704. The predicted octanol–water partition coefficient (Wildman–Crippen LogP) is 3.90. The molecule has 23 heavy (non-hydrogen) atoms. The Hall–Kier alpha value is -2.95. The van der Waals surface area contributed by atoms with Crippen LogP contribution in [-0.2, 0) is 17.6 Å². The van der Waals surface area contributed by atoms with Crippen LogP contribution in [0.4, 0.5) is 5.69 Å². The first-order chi connectivity index (χ1) is 11.2. The van der Waals surface area contributed by atoms with Crippen molar-refractivity contribution in [1.29, 1.82) is 0 Å². The van der Waals surface area contributed by atoms with Gasteiger partial charge in [0.2, 0.25) is 5.88 Å². The molecule has 0 bridgehead atoms. The van der Waals surface area contributed by atoms with Crippen molar-refractivity contribution in [2.24, 2.45) is 16.1 Å². The number of amides is 1. The van der Waals surface area contributed by atoms with Crippen molar-refractivity contribution in [3.05, 3.63) is 59.7 Å². The van der Waals surface area contributed by atoms with E-state index in [-0.39, 0.29) is 17.7 Å². The topological polar surface area (TPSA) is 77.8 Å². The molecule has 2 N–H and O–H groups in total. The highest BCUT2D eigenvalue weighted by Crippen LogP contribution is 2.35. The van der Waals surface area contributed by atoms with Gasteiger partial charge in [0, 0.05) is 11.3 Å². The van der Waals surface area contributed by atoms with Crippen LogP contribution in [0, 0.1) is 5.92 Å². The summed E-state index contributed by atoms with van der Waals surface area (Å²) in [5.74, 6) is -0.480. The number of aromatic nitrogens is 1. The molecule has 4 rings (SSSR count). The minimum atomic E-state index is -0.245. The molecule has 0 aliphatic heterocycles. The Kier molecular flexibility index (Phi) is 3.19. The molecule has 0 unspecified atom stereocenters. The van der Waals surface area contributed by atoms with E-state index in [1.165, 1.54) is 11.1 Å². The van der Waals surface area contributed by atoms with Gasteiger partial charge in [-0.15, -0.1) is 10.2 Å². The van der Waals surface area contributed by atoms with Crippen LogP contribution in [-0.4, -0.2) is 16.0 Å². The highest BCUT2D eigenvalue weighted by atomic mass is 16.3.